The van der Waals surface area contributed by atoms with Gasteiger partial charge in [-0.3, -0.25) is 14.7 Å². The minimum atomic E-state index is -1.63. The van der Waals surface area contributed by atoms with E-state index in [1.54, 1.807) is 0 Å². The van der Waals surface area contributed by atoms with Crippen LogP contribution in [0.3, 0.4) is 0 Å². The van der Waals surface area contributed by atoms with Crippen LogP contribution in [0.4, 0.5) is 0 Å². The molecule has 0 radical (unpaired) electrons. The number of ether oxygens (including phenoxy) is 1. The van der Waals surface area contributed by atoms with E-state index in [1.165, 1.54) is 12.8 Å². The van der Waals surface area contributed by atoms with E-state index in [2.05, 4.69) is 40.8 Å². The predicted octanol–water partition coefficient (Wildman–Crippen LogP) is 2.39. The smallest absolute Gasteiger partial charge is 0.475 e. The van der Waals surface area contributed by atoms with Crippen molar-refractivity contribution in [3.63, 3.8) is 0 Å². The maximum Gasteiger partial charge on any atom is 0.475 e. The highest BCUT2D eigenvalue weighted by atomic mass is 16.5. The van der Waals surface area contributed by atoms with E-state index in [-0.39, 0.29) is 18.4 Å². The zero-order valence-electron chi connectivity index (χ0n) is 22.1. The zero-order valence-corrected chi connectivity index (χ0v) is 22.1. The summed E-state index contributed by atoms with van der Waals surface area (Å²) in [6, 6.07) is 18.0. The second-order valence-corrected chi connectivity index (χ2v) is 10.5. The van der Waals surface area contributed by atoms with Crippen LogP contribution in [0.2, 0.25) is 0 Å². The van der Waals surface area contributed by atoms with Gasteiger partial charge in [-0.1, -0.05) is 56.3 Å². The molecule has 1 saturated heterocycles. The first-order valence-corrected chi connectivity index (χ1v) is 13.2. The molecule has 0 aliphatic carbocycles. The number of benzene rings is 2. The van der Waals surface area contributed by atoms with Crippen molar-refractivity contribution in [3.8, 4) is 5.75 Å². The molecule has 0 saturated carbocycles. The monoisotopic (exact) mass is 506 g/mol. The van der Waals surface area contributed by atoms with Crippen molar-refractivity contribution in [2.24, 2.45) is 5.92 Å². The summed E-state index contributed by atoms with van der Waals surface area (Å²) >= 11 is 0. The van der Waals surface area contributed by atoms with E-state index >= 15 is 0 Å². The molecule has 4 rings (SSSR count). The number of hydrogen-bond acceptors (Lipinski definition) is 7. The maximum absolute atomic E-state index is 13.0. The predicted molar refractivity (Wildman–Crippen MR) is 146 cm³/mol. The quantitative estimate of drug-likeness (QED) is 0.348. The van der Waals surface area contributed by atoms with Gasteiger partial charge < -0.3 is 20.1 Å². The molecular formula is C28H39BN4O4. The van der Waals surface area contributed by atoms with Gasteiger partial charge >= 0.3 is 7.12 Å². The van der Waals surface area contributed by atoms with E-state index in [0.717, 1.165) is 42.2 Å². The Morgan fingerprint density at radius 3 is 2.54 bits per heavy atom. The Kier molecular flexibility index (Phi) is 8.92. The molecular weight excluding hydrogens is 467 g/mol. The summed E-state index contributed by atoms with van der Waals surface area (Å²) in [5, 5.41) is 24.0. The van der Waals surface area contributed by atoms with Crippen molar-refractivity contribution in [3.05, 3.63) is 71.8 Å². The Hall–Kier alpha value is -2.85. The molecule has 2 aromatic carbocycles. The zero-order chi connectivity index (χ0) is 26.4. The van der Waals surface area contributed by atoms with Crippen LogP contribution < -0.4 is 15.5 Å². The maximum atomic E-state index is 13.0. The van der Waals surface area contributed by atoms with Gasteiger partial charge in [-0.15, -0.1) is 0 Å². The molecule has 0 bridgehead atoms. The number of carbonyl (C=O) groups excluding carboxylic acids is 1. The molecule has 2 aromatic rings. The molecule has 0 aromatic heterocycles. The molecule has 2 aliphatic rings. The number of hydrogen-bond donors (Lipinski definition) is 4. The topological polar surface area (TPSA) is 97.3 Å². The Balaban J connectivity index is 1.51. The van der Waals surface area contributed by atoms with Crippen molar-refractivity contribution in [1.82, 2.24) is 20.7 Å². The summed E-state index contributed by atoms with van der Waals surface area (Å²) in [7, 11) is -1.63. The molecule has 2 heterocycles. The lowest BCUT2D eigenvalue weighted by molar-refractivity contribution is -0.122. The standard InChI is InChI=1S/C28H39BN4O4/c1-21(2)27(29(35)36)30-26(34)20-33-25(22-10-5-4-6-11-22)19-28(3,31-33)23-12-9-13-24(18-23)37-17-16-32-14-7-8-15-32/h4-6,9-13,18-19,21,27,31,35-36H,7-8,14-17,20H2,1-3H3,(H,30,34). The van der Waals surface area contributed by atoms with Gasteiger partial charge in [0.15, 0.2) is 0 Å². The highest BCUT2D eigenvalue weighted by molar-refractivity contribution is 6.43. The first-order valence-electron chi connectivity index (χ1n) is 13.2. The van der Waals surface area contributed by atoms with Crippen molar-refractivity contribution >= 4 is 18.7 Å². The highest BCUT2D eigenvalue weighted by Gasteiger charge is 2.37. The fourth-order valence-electron chi connectivity index (χ4n) is 5.01. The molecule has 1 fully saturated rings. The van der Waals surface area contributed by atoms with Gasteiger partial charge in [-0.2, -0.15) is 0 Å². The summed E-state index contributed by atoms with van der Waals surface area (Å²) in [6.07, 6.45) is 4.66. The van der Waals surface area contributed by atoms with E-state index in [4.69, 9.17) is 4.74 Å². The van der Waals surface area contributed by atoms with E-state index < -0.39 is 18.6 Å². The van der Waals surface area contributed by atoms with Gasteiger partial charge in [0.05, 0.1) is 17.2 Å². The number of carbonyl (C=O) groups is 1. The third kappa shape index (κ3) is 6.93. The van der Waals surface area contributed by atoms with Gasteiger partial charge in [0.25, 0.3) is 0 Å². The average molecular weight is 506 g/mol. The lowest BCUT2D eigenvalue weighted by Crippen LogP contribution is -2.53. The lowest BCUT2D eigenvalue weighted by Gasteiger charge is -2.30. The molecule has 2 unspecified atom stereocenters. The van der Waals surface area contributed by atoms with Crippen LogP contribution in [0.1, 0.15) is 44.7 Å². The third-order valence-corrected chi connectivity index (χ3v) is 7.13. The Morgan fingerprint density at radius 2 is 1.86 bits per heavy atom. The van der Waals surface area contributed by atoms with Crippen LogP contribution in [0.15, 0.2) is 60.7 Å². The fraction of sp³-hybridized carbons (Fsp3) is 0.464. The second kappa shape index (κ2) is 12.1. The summed E-state index contributed by atoms with van der Waals surface area (Å²) in [5.41, 5.74) is 5.82. The highest BCUT2D eigenvalue weighted by Crippen LogP contribution is 2.36. The van der Waals surface area contributed by atoms with Crippen molar-refractivity contribution in [1.29, 1.82) is 0 Å². The average Bonchev–Trinajstić information content (AvgIpc) is 3.51. The molecule has 0 spiro atoms. The van der Waals surface area contributed by atoms with Crippen LogP contribution >= 0.6 is 0 Å². The molecule has 8 nitrogen and oxygen atoms in total. The van der Waals surface area contributed by atoms with Crippen molar-refractivity contribution < 1.29 is 19.6 Å². The van der Waals surface area contributed by atoms with Gasteiger partial charge in [0.1, 0.15) is 18.9 Å². The normalized spacial score (nSPS) is 20.7. The molecule has 2 atom stereocenters. The number of hydrazine groups is 1. The van der Waals surface area contributed by atoms with E-state index in [9.17, 15) is 14.8 Å². The minimum absolute atomic E-state index is 0.0122. The number of nitrogens with one attached hydrogen (secondary N) is 2. The van der Waals surface area contributed by atoms with Gasteiger partial charge in [0, 0.05) is 6.54 Å². The van der Waals surface area contributed by atoms with Gasteiger partial charge in [0.2, 0.25) is 5.91 Å². The summed E-state index contributed by atoms with van der Waals surface area (Å²) < 4.78 is 6.09. The molecule has 4 N–H and O–H groups in total. The number of likely N-dealkylation sites (tertiary alicyclic amines) is 1. The van der Waals surface area contributed by atoms with Gasteiger partial charge in [-0.25, -0.2) is 5.43 Å². The largest absolute Gasteiger partial charge is 0.492 e. The summed E-state index contributed by atoms with van der Waals surface area (Å²) in [4.78, 5) is 15.4. The van der Waals surface area contributed by atoms with E-state index in [1.807, 2.05) is 61.3 Å². The van der Waals surface area contributed by atoms with Crippen LogP contribution in [0.5, 0.6) is 5.75 Å². The van der Waals surface area contributed by atoms with Crippen LogP contribution in [0.25, 0.3) is 5.70 Å². The van der Waals surface area contributed by atoms with Crippen LogP contribution in [-0.2, 0) is 10.3 Å². The lowest BCUT2D eigenvalue weighted by atomic mass is 9.73. The molecule has 9 heteroatoms. The Morgan fingerprint density at radius 1 is 1.14 bits per heavy atom. The van der Waals surface area contributed by atoms with Crippen molar-refractivity contribution in [2.75, 3.05) is 32.8 Å². The van der Waals surface area contributed by atoms with Crippen molar-refractivity contribution in [2.45, 2.75) is 45.1 Å². The first-order chi connectivity index (χ1) is 17.7. The molecule has 198 valence electrons. The summed E-state index contributed by atoms with van der Waals surface area (Å²) in [6.45, 7) is 9.65. The SMILES string of the molecule is CC(C)C(NC(=O)CN1NC(C)(c2cccc(OCCN3CCCC3)c2)C=C1c1ccccc1)B(O)O. The number of nitrogens with zero attached hydrogens (tertiary/aromatic N) is 2. The number of rotatable bonds is 11. The number of amides is 1. The van der Waals surface area contributed by atoms with E-state index in [0.29, 0.717) is 6.61 Å². The molecule has 1 amide bonds. The molecule has 2 aliphatic heterocycles. The van der Waals surface area contributed by atoms with Crippen LogP contribution in [0, 0.1) is 5.92 Å². The molecule has 37 heavy (non-hydrogen) atoms. The first kappa shape index (κ1) is 27.2. The van der Waals surface area contributed by atoms with Gasteiger partial charge in [-0.05, 0) is 68.1 Å². The Labute approximate surface area is 220 Å². The van der Waals surface area contributed by atoms with Crippen LogP contribution in [-0.4, -0.2) is 71.7 Å². The second-order valence-electron chi connectivity index (χ2n) is 10.5. The minimum Gasteiger partial charge on any atom is -0.492 e. The Bertz CT molecular complexity index is 1070. The third-order valence-electron chi connectivity index (χ3n) is 7.13. The summed E-state index contributed by atoms with van der Waals surface area (Å²) in [5.74, 6) is -0.357. The fourth-order valence-corrected chi connectivity index (χ4v) is 5.01.